The fourth-order valence-corrected chi connectivity index (χ4v) is 3.22. The lowest BCUT2D eigenvalue weighted by atomic mass is 9.97. The van der Waals surface area contributed by atoms with Crippen molar-refractivity contribution in [2.24, 2.45) is 7.05 Å². The van der Waals surface area contributed by atoms with E-state index in [0.717, 1.165) is 22.5 Å². The van der Waals surface area contributed by atoms with E-state index in [2.05, 4.69) is 0 Å². The van der Waals surface area contributed by atoms with Gasteiger partial charge >= 0.3 is 5.69 Å². The highest BCUT2D eigenvalue weighted by atomic mass is 16.2. The molecule has 0 radical (unpaired) electrons. The highest BCUT2D eigenvalue weighted by Gasteiger charge is 2.21. The summed E-state index contributed by atoms with van der Waals surface area (Å²) in [5.41, 5.74) is 3.21. The number of hydrogen-bond acceptors (Lipinski definition) is 4. The summed E-state index contributed by atoms with van der Waals surface area (Å²) >= 11 is 0. The molecule has 3 rings (SSSR count). The minimum Gasteiger partial charge on any atom is -0.378 e. The van der Waals surface area contributed by atoms with Crippen LogP contribution in [0.4, 0.5) is 11.4 Å². The summed E-state index contributed by atoms with van der Waals surface area (Å²) in [5, 5.41) is 0. The van der Waals surface area contributed by atoms with Crippen molar-refractivity contribution in [3.8, 4) is 0 Å². The lowest BCUT2D eigenvalue weighted by Gasteiger charge is -2.22. The largest absolute Gasteiger partial charge is 0.378 e. The number of aromatic nitrogens is 2. The molecular weight excluding hydrogens is 352 g/mol. The Morgan fingerprint density at radius 2 is 1.14 bits per heavy atom. The Morgan fingerprint density at radius 3 is 1.54 bits per heavy atom. The van der Waals surface area contributed by atoms with Gasteiger partial charge in [-0.3, -0.25) is 4.79 Å². The van der Waals surface area contributed by atoms with Gasteiger partial charge in [0, 0.05) is 58.9 Å². The number of nitrogens with zero attached hydrogens (tertiary/aromatic N) is 4. The average Bonchev–Trinajstić information content (AvgIpc) is 2.68. The number of benzene rings is 2. The fourth-order valence-electron chi connectivity index (χ4n) is 3.22. The second kappa shape index (κ2) is 7.76. The first-order valence-electron chi connectivity index (χ1n) is 9.12. The Morgan fingerprint density at radius 1 is 0.714 bits per heavy atom. The zero-order chi connectivity index (χ0) is 20.4. The van der Waals surface area contributed by atoms with Crippen LogP contribution < -0.4 is 21.0 Å². The van der Waals surface area contributed by atoms with Gasteiger partial charge in [0.15, 0.2) is 0 Å². The number of hydrogen-bond donors (Lipinski definition) is 0. The van der Waals surface area contributed by atoms with Gasteiger partial charge in [-0.05, 0) is 35.4 Å². The molecule has 28 heavy (non-hydrogen) atoms. The normalized spacial score (nSPS) is 10.9. The second-order valence-electron chi connectivity index (χ2n) is 7.29. The van der Waals surface area contributed by atoms with Crippen LogP contribution >= 0.6 is 0 Å². The molecule has 0 saturated heterocycles. The molecule has 0 aliphatic rings. The smallest absolute Gasteiger partial charge is 0.331 e. The van der Waals surface area contributed by atoms with Crippen LogP contribution in [0.5, 0.6) is 0 Å². The molecule has 0 amide bonds. The minimum absolute atomic E-state index is 0.318. The molecule has 1 aromatic heterocycles. The summed E-state index contributed by atoms with van der Waals surface area (Å²) in [5.74, 6) is 0. The molecule has 0 N–H and O–H groups in total. The highest BCUT2D eigenvalue weighted by molar-refractivity contribution is 5.50. The Kier molecular flexibility index (Phi) is 5.40. The summed E-state index contributed by atoms with van der Waals surface area (Å²) in [6.07, 6.45) is 1.50. The van der Waals surface area contributed by atoms with Crippen molar-refractivity contribution in [3.05, 3.63) is 92.8 Å². The first-order chi connectivity index (χ1) is 13.3. The number of anilines is 2. The Hall–Kier alpha value is -3.28. The molecule has 0 bridgehead atoms. The van der Waals surface area contributed by atoms with Crippen LogP contribution in [0.1, 0.15) is 17.2 Å². The topological polar surface area (TPSA) is 50.5 Å². The van der Waals surface area contributed by atoms with E-state index >= 15 is 0 Å². The maximum absolute atomic E-state index is 12.8. The summed E-state index contributed by atoms with van der Waals surface area (Å²) in [6, 6.07) is 16.8. The molecule has 0 aliphatic heterocycles. The van der Waals surface area contributed by atoms with E-state index in [4.69, 9.17) is 0 Å². The van der Waals surface area contributed by atoms with Crippen molar-refractivity contribution < 1.29 is 0 Å². The van der Waals surface area contributed by atoms with E-state index in [1.807, 2.05) is 86.5 Å². The first kappa shape index (κ1) is 19.5. The molecule has 0 saturated carbocycles. The molecule has 0 fully saturated rings. The van der Waals surface area contributed by atoms with Crippen LogP contribution in [-0.4, -0.2) is 37.3 Å². The van der Waals surface area contributed by atoms with Gasteiger partial charge in [0.05, 0.1) is 6.04 Å². The first-order valence-corrected chi connectivity index (χ1v) is 9.12. The van der Waals surface area contributed by atoms with Crippen LogP contribution in [0.2, 0.25) is 0 Å². The zero-order valence-electron chi connectivity index (χ0n) is 17.0. The van der Waals surface area contributed by atoms with Gasteiger partial charge < -0.3 is 14.4 Å². The van der Waals surface area contributed by atoms with Crippen molar-refractivity contribution in [3.63, 3.8) is 0 Å². The lowest BCUT2D eigenvalue weighted by molar-refractivity contribution is 0.574. The van der Waals surface area contributed by atoms with Gasteiger partial charge in [0.1, 0.15) is 0 Å². The highest BCUT2D eigenvalue weighted by Crippen LogP contribution is 2.27. The van der Waals surface area contributed by atoms with Crippen molar-refractivity contribution in [1.82, 2.24) is 9.13 Å². The van der Waals surface area contributed by atoms with Crippen LogP contribution in [0.25, 0.3) is 0 Å². The molecule has 3 aromatic rings. The minimum atomic E-state index is -0.500. The maximum atomic E-state index is 12.8. The quantitative estimate of drug-likeness (QED) is 0.684. The van der Waals surface area contributed by atoms with Crippen molar-refractivity contribution >= 4 is 11.4 Å². The standard InChI is InChI=1S/C22H26N4O2/c1-23(2)18-10-6-16(7-11-18)21(17-8-12-19(13-9-17)24(3)4)26-20(27)14-15-25(5)22(26)28/h6-15,21H,1-5H3. The van der Waals surface area contributed by atoms with Crippen LogP contribution in [0, 0.1) is 0 Å². The molecule has 0 unspecified atom stereocenters. The molecule has 6 heteroatoms. The summed E-state index contributed by atoms with van der Waals surface area (Å²) in [7, 11) is 9.56. The third kappa shape index (κ3) is 3.71. The van der Waals surface area contributed by atoms with E-state index in [-0.39, 0.29) is 11.2 Å². The van der Waals surface area contributed by atoms with Crippen LogP contribution in [0.15, 0.2) is 70.4 Å². The average molecular weight is 378 g/mol. The van der Waals surface area contributed by atoms with Crippen LogP contribution in [0.3, 0.4) is 0 Å². The van der Waals surface area contributed by atoms with Crippen molar-refractivity contribution in [2.45, 2.75) is 6.04 Å². The van der Waals surface area contributed by atoms with Gasteiger partial charge in [0.2, 0.25) is 0 Å². The predicted octanol–water partition coefficient (Wildman–Crippen LogP) is 2.32. The molecule has 0 atom stereocenters. The lowest BCUT2D eigenvalue weighted by Crippen LogP contribution is -2.41. The summed E-state index contributed by atoms with van der Waals surface area (Å²) in [6.45, 7) is 0. The van der Waals surface area contributed by atoms with E-state index < -0.39 is 6.04 Å². The van der Waals surface area contributed by atoms with Gasteiger partial charge in [-0.2, -0.15) is 0 Å². The predicted molar refractivity (Wildman–Crippen MR) is 115 cm³/mol. The van der Waals surface area contributed by atoms with E-state index in [1.54, 1.807) is 7.05 Å². The third-order valence-electron chi connectivity index (χ3n) is 4.89. The van der Waals surface area contributed by atoms with Gasteiger partial charge in [-0.25, -0.2) is 9.36 Å². The van der Waals surface area contributed by atoms with Gasteiger partial charge in [-0.1, -0.05) is 24.3 Å². The van der Waals surface area contributed by atoms with Gasteiger partial charge in [0.25, 0.3) is 5.56 Å². The zero-order valence-corrected chi connectivity index (χ0v) is 17.0. The number of aryl methyl sites for hydroxylation is 1. The Balaban J connectivity index is 2.21. The van der Waals surface area contributed by atoms with Crippen LogP contribution in [-0.2, 0) is 7.05 Å². The number of rotatable bonds is 5. The Labute approximate surface area is 164 Å². The second-order valence-corrected chi connectivity index (χ2v) is 7.29. The van der Waals surface area contributed by atoms with E-state index in [9.17, 15) is 9.59 Å². The molecule has 1 heterocycles. The molecule has 2 aromatic carbocycles. The van der Waals surface area contributed by atoms with Crippen molar-refractivity contribution in [1.29, 1.82) is 0 Å². The van der Waals surface area contributed by atoms with Gasteiger partial charge in [-0.15, -0.1) is 0 Å². The molecule has 0 aliphatic carbocycles. The van der Waals surface area contributed by atoms with E-state index in [1.165, 1.54) is 21.4 Å². The molecule has 146 valence electrons. The van der Waals surface area contributed by atoms with E-state index in [0.29, 0.717) is 0 Å². The molecule has 0 spiro atoms. The summed E-state index contributed by atoms with van der Waals surface area (Å²) in [4.78, 5) is 29.5. The summed E-state index contributed by atoms with van der Waals surface area (Å²) < 4.78 is 2.74. The third-order valence-corrected chi connectivity index (χ3v) is 4.89. The maximum Gasteiger partial charge on any atom is 0.331 e. The van der Waals surface area contributed by atoms with Crippen molar-refractivity contribution in [2.75, 3.05) is 38.0 Å². The molecular formula is C22H26N4O2. The molecule has 6 nitrogen and oxygen atoms in total. The monoisotopic (exact) mass is 378 g/mol. The SMILES string of the molecule is CN(C)c1ccc(C(c2ccc(N(C)C)cc2)n2c(=O)ccn(C)c2=O)cc1. The fraction of sp³-hybridized carbons (Fsp3) is 0.273. The Bertz CT molecular complexity index is 1010.